The summed E-state index contributed by atoms with van der Waals surface area (Å²) in [6.45, 7) is 6.49. The van der Waals surface area contributed by atoms with Gasteiger partial charge in [-0.25, -0.2) is 0 Å². The van der Waals surface area contributed by atoms with Gasteiger partial charge in [0.2, 0.25) is 0 Å². The molecule has 1 aliphatic rings. The van der Waals surface area contributed by atoms with Gasteiger partial charge in [0, 0.05) is 29.8 Å². The lowest BCUT2D eigenvalue weighted by atomic mass is 9.97. The normalized spacial score (nSPS) is 14.8. The highest BCUT2D eigenvalue weighted by Gasteiger charge is 2.24. The van der Waals surface area contributed by atoms with Gasteiger partial charge in [0.15, 0.2) is 0 Å². The quantitative estimate of drug-likeness (QED) is 0.263. The summed E-state index contributed by atoms with van der Waals surface area (Å²) < 4.78 is 0. The molecule has 5 N–H and O–H groups in total. The molecule has 0 saturated heterocycles. The van der Waals surface area contributed by atoms with Crippen LogP contribution >= 0.6 is 0 Å². The van der Waals surface area contributed by atoms with Crippen molar-refractivity contribution in [1.29, 1.82) is 0 Å². The molecule has 38 heavy (non-hydrogen) atoms. The molecular formula is C32H40N2O4. The summed E-state index contributed by atoms with van der Waals surface area (Å²) in [5, 5.41) is 36.2. The van der Waals surface area contributed by atoms with Gasteiger partial charge < -0.3 is 26.0 Å². The summed E-state index contributed by atoms with van der Waals surface area (Å²) in [7, 11) is 0. The molecule has 0 bridgehead atoms. The van der Waals surface area contributed by atoms with Crippen LogP contribution in [0.5, 0.6) is 5.75 Å². The molecule has 6 nitrogen and oxygen atoms in total. The predicted octanol–water partition coefficient (Wildman–Crippen LogP) is 4.16. The van der Waals surface area contributed by atoms with Crippen LogP contribution in [0.25, 0.3) is 0 Å². The molecule has 4 rings (SSSR count). The molecular weight excluding hydrogens is 476 g/mol. The lowest BCUT2D eigenvalue weighted by Gasteiger charge is -2.19. The second-order valence-corrected chi connectivity index (χ2v) is 10.5. The van der Waals surface area contributed by atoms with E-state index in [1.807, 2.05) is 31.2 Å². The summed E-state index contributed by atoms with van der Waals surface area (Å²) in [6.07, 6.45) is 3.77. The second kappa shape index (κ2) is 12.6. The molecule has 6 heteroatoms. The zero-order valence-corrected chi connectivity index (χ0v) is 22.6. The number of hydrogen-bond acceptors (Lipinski definition) is 5. The van der Waals surface area contributed by atoms with Gasteiger partial charge in [0.1, 0.15) is 5.75 Å². The number of aliphatic hydroxyl groups is 2. The third kappa shape index (κ3) is 6.62. The first-order chi connectivity index (χ1) is 18.3. The van der Waals surface area contributed by atoms with Crippen LogP contribution < -0.4 is 10.6 Å². The standard InChI is InChI=1S/C32H40N2O4/c1-4-22-13-26-16-29(17-27(26)14-23(22)5-2)34-32(38)25-8-6-7-21(12-25)11-20(3)33-18-31(37)24-9-10-30(36)28(15-24)19-35/h6-10,12-15,20,29,31,33,35-37H,4-5,11,16-19H2,1-3H3,(H,34,38)/t20-,31-/m1/s1. The second-order valence-electron chi connectivity index (χ2n) is 10.5. The van der Waals surface area contributed by atoms with Crippen molar-refractivity contribution >= 4 is 5.91 Å². The fraction of sp³-hybridized carbons (Fsp3) is 0.406. The van der Waals surface area contributed by atoms with Crippen molar-refractivity contribution in [3.63, 3.8) is 0 Å². The van der Waals surface area contributed by atoms with Gasteiger partial charge >= 0.3 is 0 Å². The maximum absolute atomic E-state index is 13.1. The fourth-order valence-electron chi connectivity index (χ4n) is 5.44. The Bertz CT molecular complexity index is 1240. The minimum absolute atomic E-state index is 0.0161. The van der Waals surface area contributed by atoms with Gasteiger partial charge in [0.05, 0.1) is 12.7 Å². The maximum atomic E-state index is 13.1. The molecule has 0 heterocycles. The van der Waals surface area contributed by atoms with E-state index in [4.69, 9.17) is 0 Å². The van der Waals surface area contributed by atoms with E-state index < -0.39 is 6.10 Å². The van der Waals surface area contributed by atoms with Crippen molar-refractivity contribution in [3.05, 3.63) is 99.1 Å². The number of amides is 1. The van der Waals surface area contributed by atoms with E-state index in [-0.39, 0.29) is 30.3 Å². The van der Waals surface area contributed by atoms with Gasteiger partial charge in [-0.2, -0.15) is 0 Å². The number of rotatable bonds is 11. The largest absolute Gasteiger partial charge is 0.508 e. The number of aromatic hydroxyl groups is 1. The molecule has 0 spiro atoms. The summed E-state index contributed by atoms with van der Waals surface area (Å²) in [5.41, 5.74) is 8.29. The van der Waals surface area contributed by atoms with Crippen molar-refractivity contribution in [3.8, 4) is 5.75 Å². The third-order valence-electron chi connectivity index (χ3n) is 7.60. The molecule has 0 fully saturated rings. The molecule has 0 unspecified atom stereocenters. The van der Waals surface area contributed by atoms with Crippen LogP contribution in [0.1, 0.15) is 76.2 Å². The highest BCUT2D eigenvalue weighted by Crippen LogP contribution is 2.27. The monoisotopic (exact) mass is 516 g/mol. The number of carbonyl (C=O) groups is 1. The Hall–Kier alpha value is -3.19. The van der Waals surface area contributed by atoms with Crippen molar-refractivity contribution in [2.24, 2.45) is 0 Å². The van der Waals surface area contributed by atoms with Crippen LogP contribution in [0, 0.1) is 0 Å². The van der Waals surface area contributed by atoms with Crippen LogP contribution in [0.15, 0.2) is 54.6 Å². The molecule has 2 atom stereocenters. The zero-order valence-electron chi connectivity index (χ0n) is 22.6. The average Bonchev–Trinajstić information content (AvgIpc) is 3.32. The van der Waals surface area contributed by atoms with Crippen molar-refractivity contribution in [2.75, 3.05) is 6.54 Å². The minimum atomic E-state index is -0.766. The molecule has 0 aromatic heterocycles. The van der Waals surface area contributed by atoms with Crippen LogP contribution in [0.2, 0.25) is 0 Å². The Morgan fingerprint density at radius 2 is 1.66 bits per heavy atom. The Morgan fingerprint density at radius 1 is 0.974 bits per heavy atom. The highest BCUT2D eigenvalue weighted by atomic mass is 16.3. The highest BCUT2D eigenvalue weighted by molar-refractivity contribution is 5.94. The number of aliphatic hydroxyl groups excluding tert-OH is 2. The first-order valence-electron chi connectivity index (χ1n) is 13.7. The minimum Gasteiger partial charge on any atom is -0.508 e. The van der Waals surface area contributed by atoms with Crippen LogP contribution in [0.3, 0.4) is 0 Å². The van der Waals surface area contributed by atoms with Crippen LogP contribution in [0.4, 0.5) is 0 Å². The van der Waals surface area contributed by atoms with E-state index in [0.29, 0.717) is 29.7 Å². The molecule has 3 aromatic rings. The van der Waals surface area contributed by atoms with Crippen LogP contribution in [-0.2, 0) is 38.7 Å². The van der Waals surface area contributed by atoms with E-state index in [0.717, 1.165) is 31.2 Å². The summed E-state index contributed by atoms with van der Waals surface area (Å²) in [5.74, 6) is -0.0263. The number of nitrogens with one attached hydrogen (secondary N) is 2. The van der Waals surface area contributed by atoms with Crippen molar-refractivity contribution in [1.82, 2.24) is 10.6 Å². The summed E-state index contributed by atoms with van der Waals surface area (Å²) in [4.78, 5) is 13.1. The number of fused-ring (bicyclic) bond motifs is 1. The van der Waals surface area contributed by atoms with Gasteiger partial charge in [-0.15, -0.1) is 0 Å². The Kier molecular flexibility index (Phi) is 9.21. The molecule has 1 amide bonds. The first-order valence-corrected chi connectivity index (χ1v) is 13.7. The Morgan fingerprint density at radius 3 is 2.29 bits per heavy atom. The number of carbonyl (C=O) groups excluding carboxylic acids is 1. The molecule has 202 valence electrons. The van der Waals surface area contributed by atoms with Gasteiger partial charge in [-0.3, -0.25) is 4.79 Å². The van der Waals surface area contributed by atoms with Crippen LogP contribution in [-0.4, -0.2) is 39.9 Å². The Balaban J connectivity index is 1.31. The van der Waals surface area contributed by atoms with Gasteiger partial charge in [0.25, 0.3) is 5.91 Å². The van der Waals surface area contributed by atoms with E-state index in [1.54, 1.807) is 12.1 Å². The van der Waals surface area contributed by atoms with E-state index in [9.17, 15) is 20.1 Å². The topological polar surface area (TPSA) is 102 Å². The maximum Gasteiger partial charge on any atom is 0.251 e. The number of phenols is 1. The predicted molar refractivity (Wildman–Crippen MR) is 150 cm³/mol. The molecule has 1 aliphatic carbocycles. The lowest BCUT2D eigenvalue weighted by Crippen LogP contribution is -2.35. The fourth-order valence-corrected chi connectivity index (χ4v) is 5.44. The average molecular weight is 517 g/mol. The van der Waals surface area contributed by atoms with Crippen molar-refractivity contribution < 1.29 is 20.1 Å². The third-order valence-corrected chi connectivity index (χ3v) is 7.60. The zero-order chi connectivity index (χ0) is 27.2. The molecule has 0 saturated carbocycles. The SMILES string of the molecule is CCc1cc2c(cc1CC)CC(NC(=O)c1cccc(C[C@@H](C)NC[C@@H](O)c3ccc(O)c(CO)c3)c1)C2. The smallest absolute Gasteiger partial charge is 0.251 e. The summed E-state index contributed by atoms with van der Waals surface area (Å²) >= 11 is 0. The molecule has 3 aromatic carbocycles. The number of benzene rings is 3. The van der Waals surface area contributed by atoms with E-state index in [2.05, 4.69) is 36.6 Å². The Labute approximate surface area is 225 Å². The molecule has 0 aliphatic heterocycles. The van der Waals surface area contributed by atoms with Crippen molar-refractivity contribution in [2.45, 2.75) is 77.7 Å². The summed E-state index contributed by atoms with van der Waals surface area (Å²) in [6, 6.07) is 17.4. The van der Waals surface area contributed by atoms with E-state index >= 15 is 0 Å². The molecule has 0 radical (unpaired) electrons. The lowest BCUT2D eigenvalue weighted by molar-refractivity contribution is 0.0938. The number of aryl methyl sites for hydroxylation is 2. The first kappa shape index (κ1) is 27.8. The van der Waals surface area contributed by atoms with Gasteiger partial charge in [-0.1, -0.05) is 44.2 Å². The number of hydrogen-bond donors (Lipinski definition) is 5. The van der Waals surface area contributed by atoms with Gasteiger partial charge in [-0.05, 0) is 96.7 Å². The van der Waals surface area contributed by atoms with E-state index in [1.165, 1.54) is 28.3 Å².